The maximum Gasteiger partial charge on any atom is 0.223 e. The Morgan fingerprint density at radius 2 is 2.00 bits per heavy atom. The van der Waals surface area contributed by atoms with Crippen LogP contribution in [0.15, 0.2) is 18.2 Å². The molecule has 0 heterocycles. The minimum absolute atomic E-state index is 0.0181. The van der Waals surface area contributed by atoms with E-state index in [0.29, 0.717) is 18.1 Å². The molecular weight excluding hydrogens is 276 g/mol. The normalized spacial score (nSPS) is 10.5. The van der Waals surface area contributed by atoms with Crippen molar-refractivity contribution in [2.24, 2.45) is 5.92 Å². The Kier molecular flexibility index (Phi) is 6.02. The highest BCUT2D eigenvalue weighted by Crippen LogP contribution is 2.23. The topological polar surface area (TPSA) is 49.4 Å². The van der Waals surface area contributed by atoms with Crippen LogP contribution in [0.3, 0.4) is 0 Å². The highest BCUT2D eigenvalue weighted by Gasteiger charge is 2.13. The number of carbonyl (C=O) groups is 2. The van der Waals surface area contributed by atoms with Crippen LogP contribution in [0.1, 0.15) is 26.3 Å². The van der Waals surface area contributed by atoms with Gasteiger partial charge in [-0.05, 0) is 24.6 Å². The Hall–Kier alpha value is -1.55. The van der Waals surface area contributed by atoms with Gasteiger partial charge in [0, 0.05) is 36.6 Å². The molecule has 1 aromatic rings. The molecule has 0 radical (unpaired) electrons. The van der Waals surface area contributed by atoms with Gasteiger partial charge in [-0.25, -0.2) is 0 Å². The molecule has 1 N–H and O–H groups in total. The zero-order chi connectivity index (χ0) is 15.3. The van der Waals surface area contributed by atoms with Gasteiger partial charge in [0.2, 0.25) is 11.8 Å². The van der Waals surface area contributed by atoms with Gasteiger partial charge < -0.3 is 10.2 Å². The van der Waals surface area contributed by atoms with Crippen LogP contribution < -0.4 is 10.2 Å². The van der Waals surface area contributed by atoms with Crippen molar-refractivity contribution in [1.29, 1.82) is 0 Å². The number of anilines is 1. The minimum Gasteiger partial charge on any atom is -0.354 e. The van der Waals surface area contributed by atoms with Crippen LogP contribution in [0.25, 0.3) is 0 Å². The van der Waals surface area contributed by atoms with Crippen LogP contribution in [0, 0.1) is 12.8 Å². The molecule has 0 aliphatic heterocycles. The smallest absolute Gasteiger partial charge is 0.223 e. The minimum atomic E-state index is -0.0799. The summed E-state index contributed by atoms with van der Waals surface area (Å²) in [5.74, 6) is -0.159. The monoisotopic (exact) mass is 296 g/mol. The molecule has 0 aliphatic rings. The lowest BCUT2D eigenvalue weighted by atomic mass is 10.2. The Morgan fingerprint density at radius 1 is 1.35 bits per heavy atom. The standard InChI is InChI=1S/C15H21ClN2O2/c1-10(2)15(20)17-7-8-18(12(4)19)13-6-5-11(3)14(16)9-13/h5-6,9-10H,7-8H2,1-4H3,(H,17,20). The molecule has 0 spiro atoms. The van der Waals surface area contributed by atoms with E-state index in [0.717, 1.165) is 11.3 Å². The summed E-state index contributed by atoms with van der Waals surface area (Å²) in [5.41, 5.74) is 1.71. The number of amides is 2. The van der Waals surface area contributed by atoms with Crippen LogP contribution in [0.4, 0.5) is 5.69 Å². The molecule has 5 heteroatoms. The first-order valence-corrected chi connectivity index (χ1v) is 7.02. The third-order valence-electron chi connectivity index (χ3n) is 3.01. The summed E-state index contributed by atoms with van der Waals surface area (Å²) in [4.78, 5) is 24.8. The van der Waals surface area contributed by atoms with Crippen molar-refractivity contribution >= 4 is 29.1 Å². The third kappa shape index (κ3) is 4.53. The Morgan fingerprint density at radius 3 is 2.50 bits per heavy atom. The van der Waals surface area contributed by atoms with Crippen molar-refractivity contribution in [3.8, 4) is 0 Å². The molecule has 0 bridgehead atoms. The largest absolute Gasteiger partial charge is 0.354 e. The number of halogens is 1. The summed E-state index contributed by atoms with van der Waals surface area (Å²) in [5, 5.41) is 3.42. The van der Waals surface area contributed by atoms with Crippen LogP contribution in [0.5, 0.6) is 0 Å². The molecule has 0 aromatic heterocycles. The molecule has 0 atom stereocenters. The average molecular weight is 297 g/mol. The molecular formula is C15H21ClN2O2. The van der Waals surface area contributed by atoms with Crippen molar-refractivity contribution in [3.05, 3.63) is 28.8 Å². The van der Waals surface area contributed by atoms with E-state index < -0.39 is 0 Å². The quantitative estimate of drug-likeness (QED) is 0.908. The van der Waals surface area contributed by atoms with E-state index in [1.54, 1.807) is 11.0 Å². The second-order valence-electron chi connectivity index (χ2n) is 5.05. The summed E-state index contributed by atoms with van der Waals surface area (Å²) in [6, 6.07) is 5.50. The molecule has 20 heavy (non-hydrogen) atoms. The number of hydrogen-bond donors (Lipinski definition) is 1. The molecule has 2 amide bonds. The average Bonchev–Trinajstić information content (AvgIpc) is 2.37. The first-order chi connectivity index (χ1) is 9.32. The molecule has 0 unspecified atom stereocenters. The zero-order valence-electron chi connectivity index (χ0n) is 12.4. The summed E-state index contributed by atoms with van der Waals surface area (Å²) in [6.07, 6.45) is 0. The fraction of sp³-hybridized carbons (Fsp3) is 0.467. The lowest BCUT2D eigenvalue weighted by Crippen LogP contribution is -2.38. The number of aryl methyl sites for hydroxylation is 1. The predicted octanol–water partition coefficient (Wildman–Crippen LogP) is 2.77. The second kappa shape index (κ2) is 7.29. The Labute approximate surface area is 125 Å². The number of benzene rings is 1. The number of nitrogens with zero attached hydrogens (tertiary/aromatic N) is 1. The van der Waals surface area contributed by atoms with Gasteiger partial charge >= 0.3 is 0 Å². The maximum atomic E-state index is 11.7. The number of hydrogen-bond acceptors (Lipinski definition) is 2. The van der Waals surface area contributed by atoms with E-state index in [1.807, 2.05) is 32.9 Å². The SMILES string of the molecule is CC(=O)N(CCNC(=O)C(C)C)c1ccc(C)c(Cl)c1. The Bertz CT molecular complexity index is 501. The first-order valence-electron chi connectivity index (χ1n) is 6.65. The Balaban J connectivity index is 2.72. The fourth-order valence-corrected chi connectivity index (χ4v) is 1.89. The molecule has 0 fully saturated rings. The molecule has 0 saturated heterocycles. The van der Waals surface area contributed by atoms with Gasteiger partial charge in [0.1, 0.15) is 0 Å². The molecule has 4 nitrogen and oxygen atoms in total. The summed E-state index contributed by atoms with van der Waals surface area (Å²) in [7, 11) is 0. The first kappa shape index (κ1) is 16.5. The number of carbonyl (C=O) groups excluding carboxylic acids is 2. The van der Waals surface area contributed by atoms with E-state index in [2.05, 4.69) is 5.32 Å². The summed E-state index contributed by atoms with van der Waals surface area (Å²) < 4.78 is 0. The molecule has 1 aromatic carbocycles. The van der Waals surface area contributed by atoms with Crippen LogP contribution in [0.2, 0.25) is 5.02 Å². The van der Waals surface area contributed by atoms with Crippen LogP contribution in [-0.4, -0.2) is 24.9 Å². The van der Waals surface area contributed by atoms with Crippen molar-refractivity contribution in [3.63, 3.8) is 0 Å². The van der Waals surface area contributed by atoms with E-state index in [9.17, 15) is 9.59 Å². The summed E-state index contributed by atoms with van der Waals surface area (Å²) >= 11 is 6.08. The van der Waals surface area contributed by atoms with E-state index >= 15 is 0 Å². The van der Waals surface area contributed by atoms with Gasteiger partial charge in [0.05, 0.1) is 0 Å². The molecule has 0 aliphatic carbocycles. The lowest BCUT2D eigenvalue weighted by molar-refractivity contribution is -0.124. The highest BCUT2D eigenvalue weighted by atomic mass is 35.5. The van der Waals surface area contributed by atoms with Gasteiger partial charge in [0.25, 0.3) is 0 Å². The van der Waals surface area contributed by atoms with Crippen molar-refractivity contribution in [1.82, 2.24) is 5.32 Å². The van der Waals surface area contributed by atoms with Gasteiger partial charge in [-0.3, -0.25) is 9.59 Å². The molecule has 1 rings (SSSR count). The van der Waals surface area contributed by atoms with Crippen LogP contribution >= 0.6 is 11.6 Å². The third-order valence-corrected chi connectivity index (χ3v) is 3.41. The second-order valence-corrected chi connectivity index (χ2v) is 5.46. The van der Waals surface area contributed by atoms with Crippen molar-refractivity contribution in [2.75, 3.05) is 18.0 Å². The predicted molar refractivity (Wildman–Crippen MR) is 82.1 cm³/mol. The van der Waals surface area contributed by atoms with Crippen molar-refractivity contribution in [2.45, 2.75) is 27.7 Å². The summed E-state index contributed by atoms with van der Waals surface area (Å²) in [6.45, 7) is 7.91. The number of nitrogens with one attached hydrogen (secondary N) is 1. The van der Waals surface area contributed by atoms with E-state index in [-0.39, 0.29) is 17.7 Å². The highest BCUT2D eigenvalue weighted by molar-refractivity contribution is 6.31. The van der Waals surface area contributed by atoms with Gasteiger partial charge in [-0.1, -0.05) is 31.5 Å². The van der Waals surface area contributed by atoms with Gasteiger partial charge in [0.15, 0.2) is 0 Å². The van der Waals surface area contributed by atoms with E-state index in [4.69, 9.17) is 11.6 Å². The van der Waals surface area contributed by atoms with Gasteiger partial charge in [-0.2, -0.15) is 0 Å². The van der Waals surface area contributed by atoms with Crippen molar-refractivity contribution < 1.29 is 9.59 Å². The van der Waals surface area contributed by atoms with Gasteiger partial charge in [-0.15, -0.1) is 0 Å². The van der Waals surface area contributed by atoms with E-state index in [1.165, 1.54) is 6.92 Å². The van der Waals surface area contributed by atoms with Crippen LogP contribution in [-0.2, 0) is 9.59 Å². The molecule has 110 valence electrons. The molecule has 0 saturated carbocycles. The lowest BCUT2D eigenvalue weighted by Gasteiger charge is -2.22. The maximum absolute atomic E-state index is 11.7. The zero-order valence-corrected chi connectivity index (χ0v) is 13.1. The number of rotatable bonds is 5. The fourth-order valence-electron chi connectivity index (χ4n) is 1.71.